The molecule has 1 amide bonds. The first-order valence-electron chi connectivity index (χ1n) is 4.30. The van der Waals surface area contributed by atoms with E-state index >= 15 is 0 Å². The average molecular weight is 239 g/mol. The average Bonchev–Trinajstić information content (AvgIpc) is 2.61. The second-order valence-corrected chi connectivity index (χ2v) is 2.93. The van der Waals surface area contributed by atoms with Crippen molar-refractivity contribution in [1.29, 1.82) is 0 Å². The summed E-state index contributed by atoms with van der Waals surface area (Å²) in [6.07, 6.45) is -5.90. The minimum absolute atomic E-state index is 0.511. The lowest BCUT2D eigenvalue weighted by molar-refractivity contribution is -0.121. The number of carbonyl (C=O) groups excluding carboxylic acids is 1. The Hall–Kier alpha value is -1.60. The fourth-order valence-electron chi connectivity index (χ4n) is 1.08. The highest BCUT2D eigenvalue weighted by molar-refractivity contribution is 5.75. The summed E-state index contributed by atoms with van der Waals surface area (Å²) in [5.41, 5.74) is -1.46. The zero-order valence-electron chi connectivity index (χ0n) is 8.25. The number of nitrogens with one attached hydrogen (secondary N) is 1. The molecule has 8 heteroatoms. The molecule has 0 bridgehead atoms. The fraction of sp³-hybridized carbons (Fsp3) is 0.500. The van der Waals surface area contributed by atoms with Crippen LogP contribution in [0.2, 0.25) is 0 Å². The van der Waals surface area contributed by atoms with Gasteiger partial charge in [0.05, 0.1) is 0 Å². The van der Waals surface area contributed by atoms with Crippen LogP contribution in [0.3, 0.4) is 0 Å². The van der Waals surface area contributed by atoms with Crippen LogP contribution >= 0.6 is 0 Å². The SMILES string of the molecule is CNC(=O)Cn1nc(C(F)F)cc1C(F)F. The van der Waals surface area contributed by atoms with Gasteiger partial charge in [-0.25, -0.2) is 17.6 Å². The maximum absolute atomic E-state index is 12.4. The first-order chi connectivity index (χ1) is 7.45. The topological polar surface area (TPSA) is 46.9 Å². The van der Waals surface area contributed by atoms with Crippen molar-refractivity contribution in [2.45, 2.75) is 19.4 Å². The lowest BCUT2D eigenvalue weighted by Crippen LogP contribution is -2.25. The van der Waals surface area contributed by atoms with Gasteiger partial charge in [0, 0.05) is 7.05 Å². The lowest BCUT2D eigenvalue weighted by atomic mass is 10.3. The molecule has 1 rings (SSSR count). The van der Waals surface area contributed by atoms with Gasteiger partial charge in [-0.2, -0.15) is 5.10 Å². The first-order valence-corrected chi connectivity index (χ1v) is 4.30. The zero-order chi connectivity index (χ0) is 12.3. The Morgan fingerprint density at radius 3 is 2.50 bits per heavy atom. The number of nitrogens with zero attached hydrogens (tertiary/aromatic N) is 2. The molecule has 0 radical (unpaired) electrons. The third kappa shape index (κ3) is 2.71. The maximum atomic E-state index is 12.4. The van der Waals surface area contributed by atoms with Gasteiger partial charge in [-0.3, -0.25) is 9.48 Å². The Bertz CT molecular complexity index is 377. The van der Waals surface area contributed by atoms with Crippen LogP contribution in [0.15, 0.2) is 6.07 Å². The molecule has 0 fully saturated rings. The van der Waals surface area contributed by atoms with E-state index in [0.717, 1.165) is 0 Å². The normalized spacial score (nSPS) is 11.2. The molecule has 1 heterocycles. The zero-order valence-corrected chi connectivity index (χ0v) is 8.25. The van der Waals surface area contributed by atoms with E-state index in [-0.39, 0.29) is 0 Å². The van der Waals surface area contributed by atoms with E-state index in [1.807, 2.05) is 0 Å². The van der Waals surface area contributed by atoms with Crippen molar-refractivity contribution in [3.63, 3.8) is 0 Å². The minimum Gasteiger partial charge on any atom is -0.358 e. The highest BCUT2D eigenvalue weighted by Gasteiger charge is 2.21. The van der Waals surface area contributed by atoms with Gasteiger partial charge >= 0.3 is 0 Å². The van der Waals surface area contributed by atoms with Crippen molar-refractivity contribution in [2.75, 3.05) is 7.05 Å². The van der Waals surface area contributed by atoms with E-state index in [1.54, 1.807) is 0 Å². The molecule has 0 aromatic carbocycles. The van der Waals surface area contributed by atoms with Crippen molar-refractivity contribution in [3.8, 4) is 0 Å². The molecule has 0 saturated carbocycles. The van der Waals surface area contributed by atoms with Crippen molar-refractivity contribution in [1.82, 2.24) is 15.1 Å². The van der Waals surface area contributed by atoms with Crippen LogP contribution < -0.4 is 5.32 Å². The Balaban J connectivity index is 3.00. The number of aromatic nitrogens is 2. The van der Waals surface area contributed by atoms with Crippen LogP contribution in [0.5, 0.6) is 0 Å². The van der Waals surface area contributed by atoms with E-state index in [9.17, 15) is 22.4 Å². The van der Waals surface area contributed by atoms with Gasteiger partial charge in [0.1, 0.15) is 17.9 Å². The van der Waals surface area contributed by atoms with Crippen LogP contribution in [0.25, 0.3) is 0 Å². The third-order valence-electron chi connectivity index (χ3n) is 1.85. The summed E-state index contributed by atoms with van der Waals surface area (Å²) in [5, 5.41) is 5.43. The highest BCUT2D eigenvalue weighted by Crippen LogP contribution is 2.24. The molecule has 0 aliphatic rings. The van der Waals surface area contributed by atoms with Crippen molar-refractivity contribution in [2.24, 2.45) is 0 Å². The number of likely N-dealkylation sites (N-methyl/N-ethyl adjacent to an activating group) is 1. The van der Waals surface area contributed by atoms with Gasteiger partial charge in [0.2, 0.25) is 5.91 Å². The van der Waals surface area contributed by atoms with Crippen molar-refractivity contribution in [3.05, 3.63) is 17.5 Å². The summed E-state index contributed by atoms with van der Waals surface area (Å²) >= 11 is 0. The molecule has 0 aliphatic carbocycles. The molecule has 1 aromatic heterocycles. The number of hydrogen-bond donors (Lipinski definition) is 1. The highest BCUT2D eigenvalue weighted by atomic mass is 19.3. The Labute approximate surface area is 88.2 Å². The maximum Gasteiger partial charge on any atom is 0.282 e. The monoisotopic (exact) mass is 239 g/mol. The standard InChI is InChI=1S/C8H9F4N3O/c1-13-6(16)3-15-5(8(11)12)2-4(14-15)7(9)10/h2,7-8H,3H2,1H3,(H,13,16). The predicted molar refractivity (Wildman–Crippen MR) is 46.2 cm³/mol. The smallest absolute Gasteiger partial charge is 0.282 e. The molecule has 0 spiro atoms. The molecule has 90 valence electrons. The Kier molecular flexibility index (Phi) is 3.86. The Morgan fingerprint density at radius 1 is 1.44 bits per heavy atom. The molecule has 0 saturated heterocycles. The molecule has 0 unspecified atom stereocenters. The van der Waals surface area contributed by atoms with Crippen LogP contribution in [-0.2, 0) is 11.3 Å². The lowest BCUT2D eigenvalue weighted by Gasteiger charge is -2.04. The number of halogens is 4. The first kappa shape index (κ1) is 12.5. The minimum atomic E-state index is -2.95. The summed E-state index contributed by atoms with van der Waals surface area (Å²) in [5.74, 6) is -0.592. The molecule has 4 nitrogen and oxygen atoms in total. The summed E-state index contributed by atoms with van der Waals surface area (Å²) < 4.78 is 49.9. The van der Waals surface area contributed by atoms with E-state index in [1.165, 1.54) is 7.05 Å². The molecule has 1 N–H and O–H groups in total. The summed E-state index contributed by atoms with van der Waals surface area (Å²) in [6, 6.07) is 0.596. The quantitative estimate of drug-likeness (QED) is 0.809. The van der Waals surface area contributed by atoms with Crippen LogP contribution in [-0.4, -0.2) is 22.7 Å². The number of hydrogen-bond acceptors (Lipinski definition) is 2. The van der Waals surface area contributed by atoms with Crippen molar-refractivity contribution < 1.29 is 22.4 Å². The Morgan fingerprint density at radius 2 is 2.06 bits per heavy atom. The third-order valence-corrected chi connectivity index (χ3v) is 1.85. The number of amides is 1. The summed E-state index contributed by atoms with van der Waals surface area (Å²) in [4.78, 5) is 10.9. The molecule has 0 atom stereocenters. The number of rotatable bonds is 4. The molecule has 1 aromatic rings. The van der Waals surface area contributed by atoms with Gasteiger partial charge in [-0.15, -0.1) is 0 Å². The van der Waals surface area contributed by atoms with Gasteiger partial charge in [-0.1, -0.05) is 0 Å². The van der Waals surface area contributed by atoms with E-state index in [2.05, 4.69) is 10.4 Å². The largest absolute Gasteiger partial charge is 0.358 e. The van der Waals surface area contributed by atoms with Gasteiger partial charge in [-0.05, 0) is 6.07 Å². The van der Waals surface area contributed by atoms with Crippen LogP contribution in [0, 0.1) is 0 Å². The molecular formula is C8H9F4N3O. The molecule has 0 aliphatic heterocycles. The van der Waals surface area contributed by atoms with Crippen molar-refractivity contribution >= 4 is 5.91 Å². The van der Waals surface area contributed by atoms with Gasteiger partial charge in [0.15, 0.2) is 0 Å². The molecule has 16 heavy (non-hydrogen) atoms. The van der Waals surface area contributed by atoms with Gasteiger partial charge < -0.3 is 5.32 Å². The summed E-state index contributed by atoms with van der Waals surface area (Å²) in [6.45, 7) is -0.511. The number of alkyl halides is 4. The van der Waals surface area contributed by atoms with E-state index in [4.69, 9.17) is 0 Å². The number of carbonyl (C=O) groups is 1. The fourth-order valence-corrected chi connectivity index (χ4v) is 1.08. The summed E-state index contributed by atoms with van der Waals surface area (Å²) in [7, 11) is 1.31. The van der Waals surface area contributed by atoms with Gasteiger partial charge in [0.25, 0.3) is 12.9 Å². The second kappa shape index (κ2) is 4.95. The van der Waals surface area contributed by atoms with E-state index in [0.29, 0.717) is 10.7 Å². The predicted octanol–water partition coefficient (Wildman–Crippen LogP) is 1.50. The van der Waals surface area contributed by atoms with Crippen LogP contribution in [0.4, 0.5) is 17.6 Å². The molecular weight excluding hydrogens is 230 g/mol. The van der Waals surface area contributed by atoms with Crippen LogP contribution in [0.1, 0.15) is 24.2 Å². The van der Waals surface area contributed by atoms with E-state index < -0.39 is 36.7 Å². The second-order valence-electron chi connectivity index (χ2n) is 2.93.